The highest BCUT2D eigenvalue weighted by atomic mass is 32.2. The molecule has 20 heavy (non-hydrogen) atoms. The third kappa shape index (κ3) is 3.23. The van der Waals surface area contributed by atoms with Gasteiger partial charge in [-0.1, -0.05) is 18.2 Å². The Morgan fingerprint density at radius 3 is 2.45 bits per heavy atom. The molecule has 2 aromatic rings. The lowest BCUT2D eigenvalue weighted by molar-refractivity contribution is 0.601. The first-order chi connectivity index (χ1) is 9.41. The Kier molecular flexibility index (Phi) is 4.20. The maximum absolute atomic E-state index is 11.6. The molecule has 0 aliphatic carbocycles. The molecule has 1 aromatic carbocycles. The molecule has 106 valence electrons. The van der Waals surface area contributed by atoms with Gasteiger partial charge >= 0.3 is 0 Å². The molecule has 2 rings (SSSR count). The fourth-order valence-electron chi connectivity index (χ4n) is 2.10. The van der Waals surface area contributed by atoms with Crippen molar-refractivity contribution < 1.29 is 8.42 Å². The lowest BCUT2D eigenvalue weighted by atomic mass is 10.0. The summed E-state index contributed by atoms with van der Waals surface area (Å²) in [5.41, 5.74) is 2.86. The van der Waals surface area contributed by atoms with Crippen LogP contribution in [0.1, 0.15) is 22.9 Å². The number of sulfone groups is 1. The second-order valence-electron chi connectivity index (χ2n) is 4.80. The van der Waals surface area contributed by atoms with Gasteiger partial charge in [0.25, 0.3) is 0 Å². The fourth-order valence-corrected chi connectivity index (χ4v) is 2.78. The molecule has 0 fully saturated rings. The lowest BCUT2D eigenvalue weighted by Crippen LogP contribution is -2.18. The number of aryl methyl sites for hydroxylation is 1. The zero-order valence-corrected chi connectivity index (χ0v) is 12.6. The Labute approximate surface area is 119 Å². The van der Waals surface area contributed by atoms with Crippen molar-refractivity contribution in [2.24, 2.45) is 0 Å². The van der Waals surface area contributed by atoms with Gasteiger partial charge in [-0.25, -0.2) is 8.42 Å². The Morgan fingerprint density at radius 2 is 1.90 bits per heavy atom. The van der Waals surface area contributed by atoms with Gasteiger partial charge < -0.3 is 5.32 Å². The maximum atomic E-state index is 11.6. The summed E-state index contributed by atoms with van der Waals surface area (Å²) in [5, 5.41) is 3.20. The fraction of sp³-hybridized carbons (Fsp3) is 0.267. The van der Waals surface area contributed by atoms with Crippen LogP contribution in [0.4, 0.5) is 0 Å². The number of hydrogen-bond donors (Lipinski definition) is 1. The van der Waals surface area contributed by atoms with E-state index in [-0.39, 0.29) is 6.04 Å². The van der Waals surface area contributed by atoms with Crippen molar-refractivity contribution in [3.63, 3.8) is 0 Å². The molecule has 0 amide bonds. The Hall–Kier alpha value is -1.72. The summed E-state index contributed by atoms with van der Waals surface area (Å²) in [5.74, 6) is 0. The Bertz CT molecular complexity index is 694. The third-order valence-electron chi connectivity index (χ3n) is 3.18. The van der Waals surface area contributed by atoms with Crippen molar-refractivity contribution in [2.75, 3.05) is 13.3 Å². The van der Waals surface area contributed by atoms with Crippen LogP contribution >= 0.6 is 0 Å². The van der Waals surface area contributed by atoms with Crippen molar-refractivity contribution in [3.8, 4) is 0 Å². The van der Waals surface area contributed by atoms with E-state index in [1.54, 1.807) is 18.2 Å². The van der Waals surface area contributed by atoms with Crippen molar-refractivity contribution in [1.29, 1.82) is 0 Å². The van der Waals surface area contributed by atoms with Gasteiger partial charge in [0.1, 0.15) is 0 Å². The predicted molar refractivity (Wildman–Crippen MR) is 79.4 cm³/mol. The largest absolute Gasteiger partial charge is 0.309 e. The number of rotatable bonds is 4. The summed E-state index contributed by atoms with van der Waals surface area (Å²) in [6.45, 7) is 1.93. The zero-order valence-electron chi connectivity index (χ0n) is 11.8. The smallest absolute Gasteiger partial charge is 0.175 e. The van der Waals surface area contributed by atoms with E-state index in [1.807, 2.05) is 38.4 Å². The third-order valence-corrected chi connectivity index (χ3v) is 4.29. The van der Waals surface area contributed by atoms with Crippen LogP contribution in [0.5, 0.6) is 0 Å². The number of aromatic nitrogens is 1. The normalized spacial score (nSPS) is 13.2. The monoisotopic (exact) mass is 290 g/mol. The highest BCUT2D eigenvalue weighted by Gasteiger charge is 2.15. The summed E-state index contributed by atoms with van der Waals surface area (Å²) in [6, 6.07) is 10.9. The van der Waals surface area contributed by atoms with Crippen LogP contribution in [-0.4, -0.2) is 26.7 Å². The highest BCUT2D eigenvalue weighted by Crippen LogP contribution is 2.23. The van der Waals surface area contributed by atoms with E-state index in [0.717, 1.165) is 16.8 Å². The molecular formula is C15H18N2O2S. The molecule has 1 unspecified atom stereocenters. The van der Waals surface area contributed by atoms with Crippen molar-refractivity contribution in [3.05, 3.63) is 59.4 Å². The molecule has 0 aliphatic heterocycles. The maximum Gasteiger partial charge on any atom is 0.175 e. The molecule has 5 heteroatoms. The van der Waals surface area contributed by atoms with E-state index in [0.29, 0.717) is 4.90 Å². The summed E-state index contributed by atoms with van der Waals surface area (Å²) < 4.78 is 23.3. The molecule has 0 saturated heterocycles. The summed E-state index contributed by atoms with van der Waals surface area (Å²) >= 11 is 0. The summed E-state index contributed by atoms with van der Waals surface area (Å²) in [4.78, 5) is 4.62. The number of hydrogen-bond acceptors (Lipinski definition) is 4. The van der Waals surface area contributed by atoms with Gasteiger partial charge in [0.15, 0.2) is 9.84 Å². The summed E-state index contributed by atoms with van der Waals surface area (Å²) in [6.07, 6.45) is 3.03. The molecule has 0 radical (unpaired) electrons. The average molecular weight is 290 g/mol. The SMILES string of the molecule is CNC(c1ccc(C)nc1)c1cccc(S(C)(=O)=O)c1. The van der Waals surface area contributed by atoms with Gasteiger partial charge in [0, 0.05) is 18.1 Å². The van der Waals surface area contributed by atoms with Gasteiger partial charge in [0.05, 0.1) is 10.9 Å². The van der Waals surface area contributed by atoms with E-state index >= 15 is 0 Å². The topological polar surface area (TPSA) is 59.1 Å². The molecule has 1 atom stereocenters. The van der Waals surface area contributed by atoms with Gasteiger partial charge in [-0.3, -0.25) is 4.98 Å². The van der Waals surface area contributed by atoms with E-state index in [4.69, 9.17) is 0 Å². The molecule has 4 nitrogen and oxygen atoms in total. The standard InChI is InChI=1S/C15H18N2O2S/c1-11-7-8-13(10-17-11)15(16-2)12-5-4-6-14(9-12)20(3,18)19/h4-10,15-16H,1-3H3. The Balaban J connectivity index is 2.44. The van der Waals surface area contributed by atoms with Crippen LogP contribution in [0.2, 0.25) is 0 Å². The number of pyridine rings is 1. The number of nitrogens with zero attached hydrogens (tertiary/aromatic N) is 1. The average Bonchev–Trinajstić information content (AvgIpc) is 2.41. The van der Waals surface area contributed by atoms with Gasteiger partial charge in [-0.15, -0.1) is 0 Å². The quantitative estimate of drug-likeness (QED) is 0.937. The van der Waals surface area contributed by atoms with Crippen LogP contribution in [0.3, 0.4) is 0 Å². The lowest BCUT2D eigenvalue weighted by Gasteiger charge is -2.17. The molecular weight excluding hydrogens is 272 g/mol. The molecule has 1 aromatic heterocycles. The first kappa shape index (κ1) is 14.7. The Morgan fingerprint density at radius 1 is 1.15 bits per heavy atom. The molecule has 0 bridgehead atoms. The summed E-state index contributed by atoms with van der Waals surface area (Å²) in [7, 11) is -1.35. The molecule has 0 aliphatic rings. The van der Waals surface area contributed by atoms with Crippen LogP contribution in [0.15, 0.2) is 47.5 Å². The first-order valence-corrected chi connectivity index (χ1v) is 8.21. The molecule has 0 saturated carbocycles. The zero-order chi connectivity index (χ0) is 14.8. The predicted octanol–water partition coefficient (Wildman–Crippen LogP) is 2.10. The van der Waals surface area contributed by atoms with Crippen molar-refractivity contribution >= 4 is 9.84 Å². The minimum Gasteiger partial charge on any atom is -0.309 e. The minimum atomic E-state index is -3.20. The van der Waals surface area contributed by atoms with Crippen LogP contribution < -0.4 is 5.32 Å². The van der Waals surface area contributed by atoms with Crippen LogP contribution in [0, 0.1) is 6.92 Å². The van der Waals surface area contributed by atoms with E-state index < -0.39 is 9.84 Å². The van der Waals surface area contributed by atoms with Gasteiger partial charge in [-0.05, 0) is 43.3 Å². The van der Waals surface area contributed by atoms with E-state index in [9.17, 15) is 8.42 Å². The highest BCUT2D eigenvalue weighted by molar-refractivity contribution is 7.90. The van der Waals surface area contributed by atoms with E-state index in [1.165, 1.54) is 6.26 Å². The first-order valence-electron chi connectivity index (χ1n) is 6.31. The van der Waals surface area contributed by atoms with Crippen LogP contribution in [-0.2, 0) is 9.84 Å². The van der Waals surface area contributed by atoms with Crippen molar-refractivity contribution in [2.45, 2.75) is 17.9 Å². The second-order valence-corrected chi connectivity index (χ2v) is 6.81. The minimum absolute atomic E-state index is 0.0789. The van der Waals surface area contributed by atoms with Crippen molar-refractivity contribution in [1.82, 2.24) is 10.3 Å². The molecule has 1 heterocycles. The van der Waals surface area contributed by atoms with E-state index in [2.05, 4.69) is 10.3 Å². The molecule has 0 spiro atoms. The van der Waals surface area contributed by atoms with Gasteiger partial charge in [-0.2, -0.15) is 0 Å². The number of benzene rings is 1. The molecule has 1 N–H and O–H groups in total. The second kappa shape index (κ2) is 5.73. The van der Waals surface area contributed by atoms with Gasteiger partial charge in [0.2, 0.25) is 0 Å². The number of nitrogens with one attached hydrogen (secondary N) is 1. The van der Waals surface area contributed by atoms with Crippen LogP contribution in [0.25, 0.3) is 0 Å².